The highest BCUT2D eigenvalue weighted by Crippen LogP contribution is 2.29. The molecule has 20 heavy (non-hydrogen) atoms. The monoisotopic (exact) mass is 276 g/mol. The zero-order valence-electron chi connectivity index (χ0n) is 11.4. The minimum atomic E-state index is -0.459. The van der Waals surface area contributed by atoms with E-state index in [9.17, 15) is 10.1 Å². The van der Waals surface area contributed by atoms with E-state index in [1.165, 1.54) is 13.2 Å². The van der Waals surface area contributed by atoms with Crippen molar-refractivity contribution in [2.75, 3.05) is 12.4 Å². The molecule has 0 atom stereocenters. The highest BCUT2D eigenvalue weighted by Gasteiger charge is 2.14. The van der Waals surface area contributed by atoms with Crippen LogP contribution in [0.25, 0.3) is 0 Å². The molecular formula is C13H16N4O3. The van der Waals surface area contributed by atoms with Crippen molar-refractivity contribution >= 4 is 11.4 Å². The molecule has 0 aliphatic carbocycles. The summed E-state index contributed by atoms with van der Waals surface area (Å²) in [7, 11) is 1.41. The number of hydrogen-bond acceptors (Lipinski definition) is 5. The Kier molecular flexibility index (Phi) is 4.19. The molecule has 7 nitrogen and oxygen atoms in total. The molecule has 1 aromatic heterocycles. The molecule has 1 N–H and O–H groups in total. The average molecular weight is 276 g/mol. The molecular weight excluding hydrogens is 260 g/mol. The van der Waals surface area contributed by atoms with Gasteiger partial charge in [0.05, 0.1) is 18.2 Å². The van der Waals surface area contributed by atoms with Crippen molar-refractivity contribution < 1.29 is 9.66 Å². The highest BCUT2D eigenvalue weighted by atomic mass is 16.6. The first-order valence-corrected chi connectivity index (χ1v) is 6.21. The standard InChI is InChI=1S/C13H16N4O3/c1-3-16-9-10(8-15-16)7-14-11-4-5-13(20-2)12(6-11)17(18)19/h4-6,8-9,14H,3,7H2,1-2H3. The summed E-state index contributed by atoms with van der Waals surface area (Å²) in [5.41, 5.74) is 1.63. The summed E-state index contributed by atoms with van der Waals surface area (Å²) in [6.45, 7) is 3.38. The van der Waals surface area contributed by atoms with Gasteiger partial charge in [-0.3, -0.25) is 14.8 Å². The topological polar surface area (TPSA) is 82.2 Å². The minimum absolute atomic E-state index is 0.0539. The Hall–Kier alpha value is -2.57. The lowest BCUT2D eigenvalue weighted by molar-refractivity contribution is -0.385. The Morgan fingerprint density at radius 1 is 1.50 bits per heavy atom. The third-order valence-corrected chi connectivity index (χ3v) is 2.88. The molecule has 0 aliphatic heterocycles. The molecule has 0 saturated heterocycles. The van der Waals surface area contributed by atoms with Crippen molar-refractivity contribution in [3.05, 3.63) is 46.3 Å². The van der Waals surface area contributed by atoms with Gasteiger partial charge in [-0.15, -0.1) is 0 Å². The van der Waals surface area contributed by atoms with E-state index in [1.807, 2.05) is 17.8 Å². The van der Waals surface area contributed by atoms with Crippen LogP contribution in [0.2, 0.25) is 0 Å². The molecule has 0 radical (unpaired) electrons. The van der Waals surface area contributed by atoms with E-state index in [4.69, 9.17) is 4.74 Å². The van der Waals surface area contributed by atoms with Crippen LogP contribution in [0.4, 0.5) is 11.4 Å². The smallest absolute Gasteiger partial charge is 0.312 e. The van der Waals surface area contributed by atoms with Crippen molar-refractivity contribution in [2.24, 2.45) is 0 Å². The first-order chi connectivity index (χ1) is 9.63. The SMILES string of the molecule is CCn1cc(CNc2ccc(OC)c([N+](=O)[O-])c2)cn1. The van der Waals surface area contributed by atoms with E-state index in [0.717, 1.165) is 12.1 Å². The number of hydrogen-bond donors (Lipinski definition) is 1. The Labute approximate surface area is 116 Å². The van der Waals surface area contributed by atoms with Crippen LogP contribution in [-0.4, -0.2) is 21.8 Å². The number of aromatic nitrogens is 2. The van der Waals surface area contributed by atoms with Crippen molar-refractivity contribution in [3.8, 4) is 5.75 Å². The zero-order valence-corrected chi connectivity index (χ0v) is 11.4. The van der Waals surface area contributed by atoms with Crippen LogP contribution < -0.4 is 10.1 Å². The second kappa shape index (κ2) is 6.05. The lowest BCUT2D eigenvalue weighted by atomic mass is 10.2. The number of anilines is 1. The molecule has 0 unspecified atom stereocenters. The highest BCUT2D eigenvalue weighted by molar-refractivity contribution is 5.58. The summed E-state index contributed by atoms with van der Waals surface area (Å²) in [5, 5.41) is 18.2. The van der Waals surface area contributed by atoms with Crippen molar-refractivity contribution in [3.63, 3.8) is 0 Å². The fourth-order valence-corrected chi connectivity index (χ4v) is 1.82. The lowest BCUT2D eigenvalue weighted by Gasteiger charge is -2.07. The predicted octanol–water partition coefficient (Wildman–Crippen LogP) is 2.43. The second-order valence-electron chi connectivity index (χ2n) is 4.20. The van der Waals surface area contributed by atoms with Crippen LogP contribution in [0, 0.1) is 10.1 Å². The van der Waals surface area contributed by atoms with Crippen LogP contribution in [0.3, 0.4) is 0 Å². The summed E-state index contributed by atoms with van der Waals surface area (Å²) in [6, 6.07) is 4.79. The summed E-state index contributed by atoms with van der Waals surface area (Å²) >= 11 is 0. The van der Waals surface area contributed by atoms with Crippen molar-refractivity contribution in [1.82, 2.24) is 9.78 Å². The third-order valence-electron chi connectivity index (χ3n) is 2.88. The fourth-order valence-electron chi connectivity index (χ4n) is 1.82. The maximum Gasteiger partial charge on any atom is 0.312 e. The molecule has 0 fully saturated rings. The second-order valence-corrected chi connectivity index (χ2v) is 4.20. The van der Waals surface area contributed by atoms with Gasteiger partial charge in [0.15, 0.2) is 5.75 Å². The Morgan fingerprint density at radius 3 is 2.90 bits per heavy atom. The number of benzene rings is 1. The average Bonchev–Trinajstić information content (AvgIpc) is 2.92. The quantitative estimate of drug-likeness (QED) is 0.647. The van der Waals surface area contributed by atoms with Crippen LogP contribution in [0.15, 0.2) is 30.6 Å². The number of rotatable bonds is 6. The number of nitrogens with zero attached hydrogens (tertiary/aromatic N) is 3. The first kappa shape index (κ1) is 13.9. The van der Waals surface area contributed by atoms with Gasteiger partial charge in [0.1, 0.15) is 0 Å². The van der Waals surface area contributed by atoms with Gasteiger partial charge in [0.25, 0.3) is 0 Å². The summed E-state index contributed by atoms with van der Waals surface area (Å²) in [5.74, 6) is 0.249. The van der Waals surface area contributed by atoms with Gasteiger partial charge in [0, 0.05) is 36.6 Å². The first-order valence-electron chi connectivity index (χ1n) is 6.21. The number of aryl methyl sites for hydroxylation is 1. The van der Waals surface area contributed by atoms with Gasteiger partial charge in [-0.2, -0.15) is 5.10 Å². The van der Waals surface area contributed by atoms with Gasteiger partial charge in [-0.05, 0) is 19.1 Å². The molecule has 0 spiro atoms. The Bertz CT molecular complexity index is 609. The normalized spacial score (nSPS) is 10.3. The van der Waals surface area contributed by atoms with Gasteiger partial charge in [0.2, 0.25) is 0 Å². The molecule has 0 amide bonds. The van der Waals surface area contributed by atoms with Crippen molar-refractivity contribution in [2.45, 2.75) is 20.0 Å². The third kappa shape index (κ3) is 3.05. The van der Waals surface area contributed by atoms with Crippen LogP contribution in [0.5, 0.6) is 5.75 Å². The molecule has 0 saturated carbocycles. The maximum atomic E-state index is 10.9. The van der Waals surface area contributed by atoms with E-state index in [-0.39, 0.29) is 11.4 Å². The zero-order chi connectivity index (χ0) is 14.5. The van der Waals surface area contributed by atoms with Crippen LogP contribution in [0.1, 0.15) is 12.5 Å². The molecule has 0 aliphatic rings. The largest absolute Gasteiger partial charge is 0.490 e. The number of nitro groups is 1. The molecule has 7 heteroatoms. The molecule has 106 valence electrons. The Balaban J connectivity index is 2.09. The number of ether oxygens (including phenoxy) is 1. The molecule has 0 bridgehead atoms. The predicted molar refractivity (Wildman–Crippen MR) is 74.9 cm³/mol. The number of methoxy groups -OCH3 is 1. The van der Waals surface area contributed by atoms with E-state index < -0.39 is 4.92 Å². The number of nitro benzene ring substituents is 1. The van der Waals surface area contributed by atoms with Gasteiger partial charge < -0.3 is 10.1 Å². The number of nitrogens with one attached hydrogen (secondary N) is 1. The fraction of sp³-hybridized carbons (Fsp3) is 0.308. The maximum absolute atomic E-state index is 10.9. The van der Waals surface area contributed by atoms with Gasteiger partial charge in [-0.25, -0.2) is 0 Å². The van der Waals surface area contributed by atoms with E-state index in [2.05, 4.69) is 10.4 Å². The lowest BCUT2D eigenvalue weighted by Crippen LogP contribution is -2.00. The molecule has 2 rings (SSSR count). The summed E-state index contributed by atoms with van der Waals surface area (Å²) in [6.07, 6.45) is 3.71. The molecule has 1 heterocycles. The van der Waals surface area contributed by atoms with E-state index >= 15 is 0 Å². The van der Waals surface area contributed by atoms with Gasteiger partial charge in [-0.1, -0.05) is 0 Å². The van der Waals surface area contributed by atoms with Gasteiger partial charge >= 0.3 is 5.69 Å². The minimum Gasteiger partial charge on any atom is -0.490 e. The van der Waals surface area contributed by atoms with E-state index in [1.54, 1.807) is 18.3 Å². The van der Waals surface area contributed by atoms with Crippen molar-refractivity contribution in [1.29, 1.82) is 0 Å². The van der Waals surface area contributed by atoms with Crippen LogP contribution in [-0.2, 0) is 13.1 Å². The Morgan fingerprint density at radius 2 is 2.30 bits per heavy atom. The van der Waals surface area contributed by atoms with Crippen LogP contribution >= 0.6 is 0 Å². The molecule has 2 aromatic rings. The summed E-state index contributed by atoms with van der Waals surface area (Å²) in [4.78, 5) is 10.5. The summed E-state index contributed by atoms with van der Waals surface area (Å²) < 4.78 is 6.79. The molecule has 1 aromatic carbocycles. The van der Waals surface area contributed by atoms with E-state index in [0.29, 0.717) is 12.2 Å².